The number of anilines is 1. The summed E-state index contributed by atoms with van der Waals surface area (Å²) in [5, 5.41) is 2.69. The number of benzene rings is 1. The number of pyridine rings is 1. The van der Waals surface area contributed by atoms with Crippen LogP contribution in [-0.2, 0) is 37.0 Å². The summed E-state index contributed by atoms with van der Waals surface area (Å²) in [5.74, 6) is -0.751. The van der Waals surface area contributed by atoms with Crippen molar-refractivity contribution in [1.29, 1.82) is 0 Å². The van der Waals surface area contributed by atoms with Gasteiger partial charge in [0.1, 0.15) is 35.4 Å². The fourth-order valence-corrected chi connectivity index (χ4v) is 2.82. The molecule has 0 aliphatic carbocycles. The van der Waals surface area contributed by atoms with Gasteiger partial charge in [-0.25, -0.2) is 4.79 Å². The molecule has 0 spiro atoms. The van der Waals surface area contributed by atoms with Crippen molar-refractivity contribution in [2.45, 2.75) is 72.8 Å². The normalized spacial score (nSPS) is 11.0. The number of rotatable bonds is 6. The third-order valence-corrected chi connectivity index (χ3v) is 4.54. The third kappa shape index (κ3) is 12.5. The maximum absolute atomic E-state index is 12.6. The average molecular weight is 567 g/mol. The van der Waals surface area contributed by atoms with E-state index in [0.717, 1.165) is 5.56 Å². The SMILES string of the molecule is CC(C)(C)OC(=O)CBr.Cc1ccc(NC(=O)OCc2ccccc2)c(=O)n1CC(=O)OC(C)(C)C. The molecule has 0 aliphatic rings. The Hall–Kier alpha value is -3.14. The van der Waals surface area contributed by atoms with Crippen molar-refractivity contribution in [3.63, 3.8) is 0 Å². The Bertz CT molecular complexity index is 1080. The van der Waals surface area contributed by atoms with Crippen LogP contribution in [0, 0.1) is 6.92 Å². The lowest BCUT2D eigenvalue weighted by molar-refractivity contribution is -0.155. The second kappa shape index (κ2) is 13.8. The molecule has 0 fully saturated rings. The molecule has 1 heterocycles. The minimum absolute atomic E-state index is 0.0298. The molecule has 9 nitrogen and oxygen atoms in total. The molecule has 0 aliphatic heterocycles. The summed E-state index contributed by atoms with van der Waals surface area (Å²) in [6, 6.07) is 12.3. The number of nitrogens with one attached hydrogen (secondary N) is 1. The van der Waals surface area contributed by atoms with Crippen molar-refractivity contribution in [2.24, 2.45) is 0 Å². The van der Waals surface area contributed by atoms with Crippen LogP contribution in [0.3, 0.4) is 0 Å². The van der Waals surface area contributed by atoms with Gasteiger partial charge < -0.3 is 14.2 Å². The van der Waals surface area contributed by atoms with Crippen LogP contribution in [0.1, 0.15) is 52.8 Å². The molecule has 0 radical (unpaired) electrons. The van der Waals surface area contributed by atoms with E-state index in [2.05, 4.69) is 21.2 Å². The molecule has 0 saturated carbocycles. The number of nitrogens with zero attached hydrogens (tertiary/aromatic N) is 1. The Morgan fingerprint density at radius 3 is 1.94 bits per heavy atom. The Morgan fingerprint density at radius 1 is 0.889 bits per heavy atom. The van der Waals surface area contributed by atoms with Gasteiger partial charge in [-0.15, -0.1) is 0 Å². The number of alkyl halides is 1. The summed E-state index contributed by atoms with van der Waals surface area (Å²) in [6.07, 6.45) is -0.747. The van der Waals surface area contributed by atoms with E-state index in [1.54, 1.807) is 33.8 Å². The molecule has 2 rings (SSSR count). The van der Waals surface area contributed by atoms with E-state index in [0.29, 0.717) is 5.69 Å². The number of amides is 1. The third-order valence-electron chi connectivity index (χ3n) is 4.08. The van der Waals surface area contributed by atoms with Crippen molar-refractivity contribution in [3.8, 4) is 0 Å². The lowest BCUT2D eigenvalue weighted by Gasteiger charge is -2.20. The molecule has 36 heavy (non-hydrogen) atoms. The van der Waals surface area contributed by atoms with E-state index in [-0.39, 0.29) is 35.7 Å². The second-order valence-corrected chi connectivity index (χ2v) is 10.3. The van der Waals surface area contributed by atoms with Gasteiger partial charge in [0.25, 0.3) is 5.56 Å². The van der Waals surface area contributed by atoms with Crippen molar-refractivity contribution >= 4 is 39.6 Å². The monoisotopic (exact) mass is 566 g/mol. The van der Waals surface area contributed by atoms with Crippen LogP contribution < -0.4 is 10.9 Å². The molecule has 0 unspecified atom stereocenters. The largest absolute Gasteiger partial charge is 0.459 e. The topological polar surface area (TPSA) is 113 Å². The predicted molar refractivity (Wildman–Crippen MR) is 141 cm³/mol. The lowest BCUT2D eigenvalue weighted by atomic mass is 10.2. The average Bonchev–Trinajstić information content (AvgIpc) is 2.76. The highest BCUT2D eigenvalue weighted by atomic mass is 79.9. The molecule has 0 bridgehead atoms. The number of carbonyl (C=O) groups excluding carboxylic acids is 3. The Balaban J connectivity index is 0.000000613. The molecule has 2 aromatic rings. The van der Waals surface area contributed by atoms with Crippen LogP contribution in [-0.4, -0.2) is 39.1 Å². The highest BCUT2D eigenvalue weighted by Gasteiger charge is 2.19. The van der Waals surface area contributed by atoms with Crippen LogP contribution in [0.25, 0.3) is 0 Å². The first-order valence-corrected chi connectivity index (χ1v) is 12.4. The first-order chi connectivity index (χ1) is 16.6. The van der Waals surface area contributed by atoms with Crippen LogP contribution in [0.5, 0.6) is 0 Å². The predicted octanol–water partition coefficient (Wildman–Crippen LogP) is 4.97. The number of carbonyl (C=O) groups is 3. The minimum atomic E-state index is -0.747. The molecule has 1 aromatic carbocycles. The maximum Gasteiger partial charge on any atom is 0.412 e. The lowest BCUT2D eigenvalue weighted by Crippen LogP contribution is -2.33. The molecule has 10 heteroatoms. The van der Waals surface area contributed by atoms with Crippen LogP contribution >= 0.6 is 15.9 Å². The van der Waals surface area contributed by atoms with Gasteiger partial charge in [0, 0.05) is 5.69 Å². The van der Waals surface area contributed by atoms with Gasteiger partial charge >= 0.3 is 18.0 Å². The van der Waals surface area contributed by atoms with Crippen molar-refractivity contribution < 1.29 is 28.6 Å². The zero-order valence-electron chi connectivity index (χ0n) is 21.8. The summed E-state index contributed by atoms with van der Waals surface area (Å²) in [5.41, 5.74) is -0.0657. The quantitative estimate of drug-likeness (QED) is 0.298. The summed E-state index contributed by atoms with van der Waals surface area (Å²) in [7, 11) is 0. The van der Waals surface area contributed by atoms with E-state index in [1.807, 2.05) is 51.1 Å². The van der Waals surface area contributed by atoms with Crippen molar-refractivity contribution in [2.75, 3.05) is 10.6 Å². The summed E-state index contributed by atoms with van der Waals surface area (Å²) in [4.78, 5) is 47.1. The summed E-state index contributed by atoms with van der Waals surface area (Å²) < 4.78 is 16.5. The zero-order chi connectivity index (χ0) is 27.5. The smallest absolute Gasteiger partial charge is 0.412 e. The zero-order valence-corrected chi connectivity index (χ0v) is 23.4. The van der Waals surface area contributed by atoms with Crippen molar-refractivity contribution in [1.82, 2.24) is 4.57 Å². The van der Waals surface area contributed by atoms with Gasteiger partial charge in [-0.2, -0.15) is 0 Å². The fraction of sp³-hybridized carbons (Fsp3) is 0.462. The second-order valence-electron chi connectivity index (χ2n) is 9.77. The fourth-order valence-electron chi connectivity index (χ4n) is 2.70. The van der Waals surface area contributed by atoms with Crippen LogP contribution in [0.4, 0.5) is 10.5 Å². The Labute approximate surface area is 220 Å². The number of halogens is 1. The molecular formula is C26H35BrN2O7. The van der Waals surface area contributed by atoms with Crippen LogP contribution in [0.15, 0.2) is 47.3 Å². The van der Waals surface area contributed by atoms with Gasteiger partial charge in [-0.05, 0) is 66.2 Å². The van der Waals surface area contributed by atoms with E-state index >= 15 is 0 Å². The first kappa shape index (κ1) is 30.9. The van der Waals surface area contributed by atoms with Crippen LogP contribution in [0.2, 0.25) is 0 Å². The van der Waals surface area contributed by atoms with E-state index in [9.17, 15) is 19.2 Å². The van der Waals surface area contributed by atoms with Gasteiger partial charge in [-0.1, -0.05) is 46.3 Å². The Kier molecular flexibility index (Phi) is 11.9. The van der Waals surface area contributed by atoms with Gasteiger partial charge in [0.05, 0.1) is 0 Å². The first-order valence-electron chi connectivity index (χ1n) is 11.3. The maximum atomic E-state index is 12.6. The molecule has 0 atom stereocenters. The molecule has 1 N–H and O–H groups in total. The van der Waals surface area contributed by atoms with Gasteiger partial charge in [-0.3, -0.25) is 24.3 Å². The summed E-state index contributed by atoms with van der Waals surface area (Å²) in [6.45, 7) is 12.3. The number of esters is 2. The number of hydrogen-bond acceptors (Lipinski definition) is 7. The molecular weight excluding hydrogens is 532 g/mol. The highest BCUT2D eigenvalue weighted by Crippen LogP contribution is 2.10. The standard InChI is InChI=1S/C20H24N2O5.C6H11BrO2/c1-14-10-11-16(18(24)22(14)12-17(23)27-20(2,3)4)21-19(25)26-13-15-8-6-5-7-9-15;1-6(2,3)9-5(8)4-7/h5-11H,12-13H2,1-4H3,(H,21,25);4H2,1-3H3. The highest BCUT2D eigenvalue weighted by molar-refractivity contribution is 9.09. The number of ether oxygens (including phenoxy) is 3. The number of aromatic nitrogens is 1. The molecule has 1 amide bonds. The van der Waals surface area contributed by atoms with Gasteiger partial charge in [0.2, 0.25) is 0 Å². The van der Waals surface area contributed by atoms with E-state index in [4.69, 9.17) is 14.2 Å². The molecule has 0 saturated heterocycles. The molecule has 198 valence electrons. The number of aryl methyl sites for hydroxylation is 1. The van der Waals surface area contributed by atoms with Crippen molar-refractivity contribution in [3.05, 3.63) is 64.1 Å². The number of hydrogen-bond donors (Lipinski definition) is 1. The van der Waals surface area contributed by atoms with E-state index in [1.165, 1.54) is 10.6 Å². The summed E-state index contributed by atoms with van der Waals surface area (Å²) >= 11 is 2.99. The Morgan fingerprint density at radius 2 is 1.44 bits per heavy atom. The molecule has 1 aromatic heterocycles. The minimum Gasteiger partial charge on any atom is -0.459 e. The van der Waals surface area contributed by atoms with E-state index < -0.39 is 23.2 Å². The van der Waals surface area contributed by atoms with Gasteiger partial charge in [0.15, 0.2) is 0 Å².